The van der Waals surface area contributed by atoms with Crippen LogP contribution in [0.5, 0.6) is 5.75 Å². The second kappa shape index (κ2) is 7.78. The summed E-state index contributed by atoms with van der Waals surface area (Å²) in [5.41, 5.74) is 7.07. The first-order chi connectivity index (χ1) is 13.6. The van der Waals surface area contributed by atoms with Gasteiger partial charge in [0.2, 0.25) is 5.91 Å². The monoisotopic (exact) mass is 395 g/mol. The highest BCUT2D eigenvalue weighted by Gasteiger charge is 2.26. The lowest BCUT2D eigenvalue weighted by molar-refractivity contribution is -0.127. The Labute approximate surface area is 167 Å². The maximum atomic E-state index is 12.6. The van der Waals surface area contributed by atoms with E-state index in [2.05, 4.69) is 10.9 Å². The smallest absolute Gasteiger partial charge is 0.271 e. The normalized spacial score (nSPS) is 15.2. The van der Waals surface area contributed by atoms with Crippen LogP contribution in [-0.2, 0) is 11.2 Å². The van der Waals surface area contributed by atoms with Crippen LogP contribution in [0.15, 0.2) is 67.0 Å². The Hall–Kier alpha value is -3.25. The van der Waals surface area contributed by atoms with Gasteiger partial charge in [-0.15, -0.1) is 0 Å². The lowest BCUT2D eigenvalue weighted by atomic mass is 9.96. The molecule has 142 valence electrons. The number of nitrogens with one attached hydrogen (secondary N) is 2. The molecular weight excluding hydrogens is 378 g/mol. The third-order valence-corrected chi connectivity index (χ3v) is 4.87. The summed E-state index contributed by atoms with van der Waals surface area (Å²) < 4.78 is 7.48. The zero-order valence-electron chi connectivity index (χ0n) is 14.9. The van der Waals surface area contributed by atoms with Crippen molar-refractivity contribution in [2.45, 2.75) is 6.42 Å². The Bertz CT molecular complexity index is 1020. The average molecular weight is 396 g/mol. The molecular formula is C21H18ClN3O3. The van der Waals surface area contributed by atoms with Crippen molar-refractivity contribution in [1.29, 1.82) is 0 Å². The molecule has 0 bridgehead atoms. The molecule has 1 aliphatic heterocycles. The number of hydrogen-bond acceptors (Lipinski definition) is 3. The van der Waals surface area contributed by atoms with Crippen molar-refractivity contribution < 1.29 is 14.3 Å². The predicted octanol–water partition coefficient (Wildman–Crippen LogP) is 3.14. The van der Waals surface area contributed by atoms with Crippen molar-refractivity contribution in [3.8, 4) is 11.4 Å². The van der Waals surface area contributed by atoms with Crippen LogP contribution in [0, 0.1) is 5.92 Å². The van der Waals surface area contributed by atoms with Crippen LogP contribution >= 0.6 is 11.6 Å². The first-order valence-electron chi connectivity index (χ1n) is 8.85. The van der Waals surface area contributed by atoms with E-state index in [1.165, 1.54) is 0 Å². The summed E-state index contributed by atoms with van der Waals surface area (Å²) in [6.07, 6.45) is 4.21. The fraction of sp³-hybridized carbons (Fsp3) is 0.143. The minimum atomic E-state index is -0.411. The van der Waals surface area contributed by atoms with Crippen LogP contribution in [-0.4, -0.2) is 23.0 Å². The molecule has 0 aliphatic carbocycles. The number of para-hydroxylation sites is 1. The molecule has 2 N–H and O–H groups in total. The molecule has 6 nitrogen and oxygen atoms in total. The Kier molecular flexibility index (Phi) is 5.04. The van der Waals surface area contributed by atoms with E-state index in [-0.39, 0.29) is 12.5 Å². The number of ether oxygens (including phenoxy) is 1. The molecule has 1 atom stereocenters. The van der Waals surface area contributed by atoms with Crippen LogP contribution in [0.3, 0.4) is 0 Å². The number of benzene rings is 2. The molecule has 4 rings (SSSR count). The highest BCUT2D eigenvalue weighted by Crippen LogP contribution is 2.29. The van der Waals surface area contributed by atoms with Crippen LogP contribution in [0.1, 0.15) is 15.9 Å². The molecule has 1 aromatic heterocycles. The molecule has 0 saturated carbocycles. The SMILES string of the molecule is O=C(NNC(=O)[C@@H]1COc2ccc(Cl)cc2C1)c1ccccc1-n1cccc1. The van der Waals surface area contributed by atoms with Gasteiger partial charge in [-0.3, -0.25) is 20.4 Å². The van der Waals surface area contributed by atoms with Gasteiger partial charge in [-0.2, -0.15) is 0 Å². The third-order valence-electron chi connectivity index (χ3n) is 4.63. The van der Waals surface area contributed by atoms with Gasteiger partial charge in [-0.05, 0) is 54.4 Å². The molecule has 28 heavy (non-hydrogen) atoms. The van der Waals surface area contributed by atoms with Crippen LogP contribution in [0.25, 0.3) is 5.69 Å². The molecule has 2 heterocycles. The van der Waals surface area contributed by atoms with Gasteiger partial charge < -0.3 is 9.30 Å². The standard InChI is InChI=1S/C21H18ClN3O3/c22-16-7-8-19-14(12-16)11-15(13-28-19)20(26)23-24-21(27)17-5-1-2-6-18(17)25-9-3-4-10-25/h1-10,12,15H,11,13H2,(H,23,26)(H,24,27)/t15-/m0/s1. The number of carbonyl (C=O) groups excluding carboxylic acids is 2. The largest absolute Gasteiger partial charge is 0.492 e. The first kappa shape index (κ1) is 18.1. The number of rotatable bonds is 3. The van der Waals surface area contributed by atoms with E-state index in [0.29, 0.717) is 17.0 Å². The topological polar surface area (TPSA) is 72.4 Å². The van der Waals surface area contributed by atoms with Gasteiger partial charge in [0, 0.05) is 17.4 Å². The summed E-state index contributed by atoms with van der Waals surface area (Å²) in [7, 11) is 0. The summed E-state index contributed by atoms with van der Waals surface area (Å²) in [6.45, 7) is 0.246. The van der Waals surface area contributed by atoms with Crippen molar-refractivity contribution in [3.05, 3.63) is 83.1 Å². The van der Waals surface area contributed by atoms with Crippen molar-refractivity contribution in [1.82, 2.24) is 15.4 Å². The summed E-state index contributed by atoms with van der Waals surface area (Å²) in [4.78, 5) is 25.1. The second-order valence-electron chi connectivity index (χ2n) is 6.51. The molecule has 0 spiro atoms. The minimum Gasteiger partial charge on any atom is -0.492 e. The molecule has 3 aromatic rings. The molecule has 0 unspecified atom stereocenters. The first-order valence-corrected chi connectivity index (χ1v) is 9.23. The fourth-order valence-corrected chi connectivity index (χ4v) is 3.40. The highest BCUT2D eigenvalue weighted by molar-refractivity contribution is 6.30. The lowest BCUT2D eigenvalue weighted by Crippen LogP contribution is -2.47. The Balaban J connectivity index is 1.41. The second-order valence-corrected chi connectivity index (χ2v) is 6.95. The van der Waals surface area contributed by atoms with E-state index < -0.39 is 11.8 Å². The molecule has 0 radical (unpaired) electrons. The maximum Gasteiger partial charge on any atom is 0.271 e. The van der Waals surface area contributed by atoms with Gasteiger partial charge in [-0.25, -0.2) is 0 Å². The molecule has 2 aromatic carbocycles. The Morgan fingerprint density at radius 3 is 2.64 bits per heavy atom. The number of amides is 2. The van der Waals surface area contributed by atoms with E-state index in [1.54, 1.807) is 30.3 Å². The van der Waals surface area contributed by atoms with Gasteiger partial charge in [0.1, 0.15) is 12.4 Å². The summed E-state index contributed by atoms with van der Waals surface area (Å²) in [5, 5.41) is 0.596. The maximum absolute atomic E-state index is 12.6. The van der Waals surface area contributed by atoms with Gasteiger partial charge >= 0.3 is 0 Å². The number of aromatic nitrogens is 1. The van der Waals surface area contributed by atoms with E-state index >= 15 is 0 Å². The minimum absolute atomic E-state index is 0.246. The summed E-state index contributed by atoms with van der Waals surface area (Å²) in [5.74, 6) is -0.376. The van der Waals surface area contributed by atoms with Crippen molar-refractivity contribution in [2.75, 3.05) is 6.61 Å². The highest BCUT2D eigenvalue weighted by atomic mass is 35.5. The van der Waals surface area contributed by atoms with Crippen LogP contribution < -0.4 is 15.6 Å². The third kappa shape index (κ3) is 3.73. The lowest BCUT2D eigenvalue weighted by Gasteiger charge is -2.24. The Morgan fingerprint density at radius 2 is 1.82 bits per heavy atom. The molecule has 0 fully saturated rings. The van der Waals surface area contributed by atoms with Gasteiger partial charge in [0.15, 0.2) is 0 Å². The average Bonchev–Trinajstić information content (AvgIpc) is 3.26. The number of hydrogen-bond donors (Lipinski definition) is 2. The number of carbonyl (C=O) groups is 2. The number of nitrogens with zero attached hydrogens (tertiary/aromatic N) is 1. The zero-order chi connectivity index (χ0) is 19.5. The zero-order valence-corrected chi connectivity index (χ0v) is 15.6. The van der Waals surface area contributed by atoms with Gasteiger partial charge in [-0.1, -0.05) is 23.7 Å². The number of halogens is 1. The van der Waals surface area contributed by atoms with Crippen molar-refractivity contribution in [2.24, 2.45) is 5.92 Å². The van der Waals surface area contributed by atoms with Crippen molar-refractivity contribution >= 4 is 23.4 Å². The predicted molar refractivity (Wildman–Crippen MR) is 106 cm³/mol. The summed E-state index contributed by atoms with van der Waals surface area (Å²) in [6, 6.07) is 16.3. The Morgan fingerprint density at radius 1 is 1.04 bits per heavy atom. The summed E-state index contributed by atoms with van der Waals surface area (Å²) >= 11 is 6.02. The van der Waals surface area contributed by atoms with E-state index in [9.17, 15) is 9.59 Å². The van der Waals surface area contributed by atoms with Crippen LogP contribution in [0.4, 0.5) is 0 Å². The molecule has 7 heteroatoms. The number of hydrazine groups is 1. The van der Waals surface area contributed by atoms with E-state index in [1.807, 2.05) is 41.2 Å². The van der Waals surface area contributed by atoms with Gasteiger partial charge in [0.25, 0.3) is 5.91 Å². The van der Waals surface area contributed by atoms with Crippen LogP contribution in [0.2, 0.25) is 5.02 Å². The molecule has 2 amide bonds. The molecule has 1 aliphatic rings. The van der Waals surface area contributed by atoms with E-state index in [0.717, 1.165) is 17.0 Å². The molecule has 0 saturated heterocycles. The van der Waals surface area contributed by atoms with Crippen molar-refractivity contribution in [3.63, 3.8) is 0 Å². The fourth-order valence-electron chi connectivity index (χ4n) is 3.21. The van der Waals surface area contributed by atoms with Gasteiger partial charge in [0.05, 0.1) is 17.2 Å². The number of fused-ring (bicyclic) bond motifs is 1. The quantitative estimate of drug-likeness (QED) is 0.669. The van der Waals surface area contributed by atoms with E-state index in [4.69, 9.17) is 16.3 Å².